The number of hydrogen-bond donors (Lipinski definition) is 1. The first-order valence-electron chi connectivity index (χ1n) is 8.79. The summed E-state index contributed by atoms with van der Waals surface area (Å²) in [5, 5.41) is 9.99. The van der Waals surface area contributed by atoms with Crippen LogP contribution in [0.15, 0.2) is 77.6 Å². The van der Waals surface area contributed by atoms with Gasteiger partial charge in [-0.2, -0.15) is 0 Å². The van der Waals surface area contributed by atoms with E-state index in [1.54, 1.807) is 48.1 Å². The van der Waals surface area contributed by atoms with Gasteiger partial charge in [-0.15, -0.1) is 0 Å². The Morgan fingerprint density at radius 2 is 1.64 bits per heavy atom. The number of ether oxygens (including phenoxy) is 1. The topological polar surface area (TPSA) is 64.3 Å². The molecule has 1 N–H and O–H groups in total. The van der Waals surface area contributed by atoms with Gasteiger partial charge >= 0.3 is 0 Å². The Morgan fingerprint density at radius 3 is 2.43 bits per heavy atom. The number of fused-ring (bicyclic) bond motifs is 1. The van der Waals surface area contributed by atoms with Crippen LogP contribution in [0.1, 0.15) is 11.4 Å². The van der Waals surface area contributed by atoms with Gasteiger partial charge in [0.1, 0.15) is 17.3 Å². The predicted molar refractivity (Wildman–Crippen MR) is 111 cm³/mol. The lowest BCUT2D eigenvalue weighted by molar-refractivity contribution is 0.412. The van der Waals surface area contributed by atoms with E-state index in [1.807, 2.05) is 48.5 Å². The van der Waals surface area contributed by atoms with Crippen LogP contribution in [0.2, 0.25) is 0 Å². The van der Waals surface area contributed by atoms with Gasteiger partial charge in [-0.05, 0) is 48.0 Å². The van der Waals surface area contributed by atoms with E-state index < -0.39 is 0 Å². The monoisotopic (exact) mass is 370 g/mol. The average Bonchev–Trinajstić information content (AvgIpc) is 2.73. The molecular formula is C23H18N2O3. The van der Waals surface area contributed by atoms with Crippen molar-refractivity contribution >= 4 is 23.1 Å². The fourth-order valence-corrected chi connectivity index (χ4v) is 3.07. The largest absolute Gasteiger partial charge is 0.508 e. The molecule has 0 aliphatic carbocycles. The number of phenols is 1. The molecule has 0 saturated carbocycles. The molecule has 0 fully saturated rings. The zero-order chi connectivity index (χ0) is 19.5. The molecule has 5 nitrogen and oxygen atoms in total. The van der Waals surface area contributed by atoms with Crippen molar-refractivity contribution in [1.82, 2.24) is 9.55 Å². The van der Waals surface area contributed by atoms with Gasteiger partial charge in [0.05, 0.1) is 23.7 Å². The number of aromatic nitrogens is 2. The van der Waals surface area contributed by atoms with Crippen molar-refractivity contribution in [2.75, 3.05) is 7.11 Å². The van der Waals surface area contributed by atoms with E-state index in [1.165, 1.54) is 0 Å². The van der Waals surface area contributed by atoms with Crippen molar-refractivity contribution in [3.63, 3.8) is 0 Å². The van der Waals surface area contributed by atoms with Gasteiger partial charge in [0, 0.05) is 0 Å². The zero-order valence-electron chi connectivity index (χ0n) is 15.2. The van der Waals surface area contributed by atoms with E-state index in [-0.39, 0.29) is 11.3 Å². The number of hydrogen-bond acceptors (Lipinski definition) is 4. The maximum Gasteiger partial charge on any atom is 0.266 e. The molecule has 28 heavy (non-hydrogen) atoms. The van der Waals surface area contributed by atoms with E-state index in [0.717, 1.165) is 5.56 Å². The van der Waals surface area contributed by atoms with E-state index in [2.05, 4.69) is 0 Å². The van der Waals surface area contributed by atoms with Gasteiger partial charge in [-0.25, -0.2) is 4.98 Å². The minimum atomic E-state index is -0.166. The van der Waals surface area contributed by atoms with Crippen LogP contribution in [0.4, 0.5) is 0 Å². The van der Waals surface area contributed by atoms with Crippen LogP contribution >= 0.6 is 0 Å². The van der Waals surface area contributed by atoms with Gasteiger partial charge in [0.25, 0.3) is 5.56 Å². The average molecular weight is 370 g/mol. The van der Waals surface area contributed by atoms with Crippen LogP contribution in [-0.4, -0.2) is 21.8 Å². The summed E-state index contributed by atoms with van der Waals surface area (Å²) >= 11 is 0. The van der Waals surface area contributed by atoms with Crippen molar-refractivity contribution in [3.8, 4) is 17.2 Å². The van der Waals surface area contributed by atoms with Crippen molar-refractivity contribution in [3.05, 3.63) is 94.5 Å². The molecule has 1 aromatic heterocycles. The molecule has 0 atom stereocenters. The van der Waals surface area contributed by atoms with E-state index in [9.17, 15) is 9.90 Å². The second-order valence-electron chi connectivity index (χ2n) is 6.22. The van der Waals surface area contributed by atoms with Crippen molar-refractivity contribution < 1.29 is 9.84 Å². The number of methoxy groups -OCH3 is 1. The summed E-state index contributed by atoms with van der Waals surface area (Å²) in [4.78, 5) is 18.0. The van der Waals surface area contributed by atoms with Crippen LogP contribution < -0.4 is 10.3 Å². The molecule has 0 aliphatic heterocycles. The molecule has 5 heteroatoms. The second kappa shape index (κ2) is 7.40. The van der Waals surface area contributed by atoms with Crippen LogP contribution in [-0.2, 0) is 0 Å². The Morgan fingerprint density at radius 1 is 0.929 bits per heavy atom. The lowest BCUT2D eigenvalue weighted by atomic mass is 10.2. The molecule has 0 radical (unpaired) electrons. The number of aromatic hydroxyl groups is 1. The molecule has 4 rings (SSSR count). The summed E-state index contributed by atoms with van der Waals surface area (Å²) < 4.78 is 7.01. The SMILES string of the molecule is COc1ccccc1-n1c(C=Cc2ccc(O)cc2)nc2ccccc2c1=O. The highest BCUT2D eigenvalue weighted by Gasteiger charge is 2.14. The molecule has 0 spiro atoms. The maximum absolute atomic E-state index is 13.3. The van der Waals surface area contributed by atoms with Gasteiger partial charge < -0.3 is 9.84 Å². The second-order valence-corrected chi connectivity index (χ2v) is 6.22. The Hall–Kier alpha value is -3.86. The Balaban J connectivity index is 1.96. The number of rotatable bonds is 4. The van der Waals surface area contributed by atoms with E-state index in [4.69, 9.17) is 9.72 Å². The van der Waals surface area contributed by atoms with Crippen LogP contribution in [0.25, 0.3) is 28.7 Å². The number of para-hydroxylation sites is 3. The highest BCUT2D eigenvalue weighted by atomic mass is 16.5. The summed E-state index contributed by atoms with van der Waals surface area (Å²) in [6.07, 6.45) is 3.63. The highest BCUT2D eigenvalue weighted by Crippen LogP contribution is 2.24. The molecule has 0 amide bonds. The summed E-state index contributed by atoms with van der Waals surface area (Å²) in [5.41, 5.74) is 1.97. The quantitative estimate of drug-likeness (QED) is 0.583. The van der Waals surface area contributed by atoms with Gasteiger partial charge in [-0.1, -0.05) is 42.5 Å². The molecule has 1 heterocycles. The lowest BCUT2D eigenvalue weighted by Gasteiger charge is -2.14. The third-order valence-corrected chi connectivity index (χ3v) is 4.45. The van der Waals surface area contributed by atoms with Crippen molar-refractivity contribution in [2.45, 2.75) is 0 Å². The number of phenolic OH excluding ortho intramolecular Hbond substituents is 1. The fraction of sp³-hybridized carbons (Fsp3) is 0.0435. The van der Waals surface area contributed by atoms with Gasteiger partial charge in [0.2, 0.25) is 0 Å². The Kier molecular flexibility index (Phi) is 4.64. The summed E-state index contributed by atoms with van der Waals surface area (Å²) in [6.45, 7) is 0. The maximum atomic E-state index is 13.3. The Labute approximate surface area is 161 Å². The van der Waals surface area contributed by atoms with Crippen molar-refractivity contribution in [2.24, 2.45) is 0 Å². The molecule has 0 unspecified atom stereocenters. The van der Waals surface area contributed by atoms with Crippen LogP contribution in [0, 0.1) is 0 Å². The van der Waals surface area contributed by atoms with E-state index in [0.29, 0.717) is 28.2 Å². The molecular weight excluding hydrogens is 352 g/mol. The smallest absolute Gasteiger partial charge is 0.266 e. The number of benzene rings is 3. The first kappa shape index (κ1) is 17.5. The third kappa shape index (κ3) is 3.25. The molecule has 0 aliphatic rings. The van der Waals surface area contributed by atoms with E-state index >= 15 is 0 Å². The number of nitrogens with zero attached hydrogens (tertiary/aromatic N) is 2. The van der Waals surface area contributed by atoms with Gasteiger partial charge in [-0.3, -0.25) is 9.36 Å². The molecule has 0 bridgehead atoms. The van der Waals surface area contributed by atoms with Crippen molar-refractivity contribution in [1.29, 1.82) is 0 Å². The molecule has 4 aromatic rings. The highest BCUT2D eigenvalue weighted by molar-refractivity contribution is 5.80. The molecule has 138 valence electrons. The molecule has 0 saturated heterocycles. The van der Waals surface area contributed by atoms with Crippen LogP contribution in [0.5, 0.6) is 11.5 Å². The zero-order valence-corrected chi connectivity index (χ0v) is 15.2. The first-order valence-corrected chi connectivity index (χ1v) is 8.79. The summed E-state index contributed by atoms with van der Waals surface area (Å²) in [5.74, 6) is 1.27. The Bertz CT molecular complexity index is 1220. The van der Waals surface area contributed by atoms with Crippen LogP contribution in [0.3, 0.4) is 0 Å². The third-order valence-electron chi connectivity index (χ3n) is 4.45. The minimum absolute atomic E-state index is 0.166. The first-order chi connectivity index (χ1) is 13.7. The summed E-state index contributed by atoms with van der Waals surface area (Å²) in [7, 11) is 1.57. The minimum Gasteiger partial charge on any atom is -0.508 e. The van der Waals surface area contributed by atoms with Gasteiger partial charge in [0.15, 0.2) is 0 Å². The predicted octanol–water partition coefficient (Wildman–Crippen LogP) is 4.27. The summed E-state index contributed by atoms with van der Waals surface area (Å²) in [6, 6.07) is 21.4. The lowest BCUT2D eigenvalue weighted by Crippen LogP contribution is -2.22. The normalized spacial score (nSPS) is 11.2. The molecule has 3 aromatic carbocycles. The standard InChI is InChI=1S/C23H18N2O3/c1-28-21-9-5-4-8-20(21)25-22(15-12-16-10-13-17(26)14-11-16)24-19-7-3-2-6-18(19)23(25)27/h2-15,26H,1H3. The fourth-order valence-electron chi connectivity index (χ4n) is 3.07.